The number of hydrogen-bond donors (Lipinski definition) is 1. The molecule has 0 saturated carbocycles. The summed E-state index contributed by atoms with van der Waals surface area (Å²) in [5.74, 6) is -2.01. The molecule has 0 atom stereocenters. The van der Waals surface area contributed by atoms with Crippen LogP contribution in [0.5, 0.6) is 0 Å². The summed E-state index contributed by atoms with van der Waals surface area (Å²) in [4.78, 5) is 29.9. The maximum atomic E-state index is 11.4. The highest BCUT2D eigenvalue weighted by atomic mass is 32.2. The Labute approximate surface area is 96.0 Å². The van der Waals surface area contributed by atoms with Crippen molar-refractivity contribution in [2.45, 2.75) is 12.1 Å². The highest BCUT2D eigenvalue weighted by Gasteiger charge is 2.20. The van der Waals surface area contributed by atoms with E-state index in [0.717, 1.165) is 0 Å². The highest BCUT2D eigenvalue weighted by molar-refractivity contribution is 7.98. The van der Waals surface area contributed by atoms with Crippen LogP contribution in [0.25, 0.3) is 0 Å². The largest absolute Gasteiger partial charge is 0.476 e. The molecule has 0 aromatic carbocycles. The normalized spacial score (nSPS) is 9.88. The van der Waals surface area contributed by atoms with E-state index in [1.54, 1.807) is 13.2 Å². The van der Waals surface area contributed by atoms with Crippen LogP contribution >= 0.6 is 11.8 Å². The fourth-order valence-corrected chi connectivity index (χ4v) is 1.33. The first-order chi connectivity index (χ1) is 7.60. The Hall–Kier alpha value is -1.63. The van der Waals surface area contributed by atoms with Crippen LogP contribution in [0, 0.1) is 0 Å². The van der Waals surface area contributed by atoms with Crippen LogP contribution in [0.2, 0.25) is 0 Å². The predicted molar refractivity (Wildman–Crippen MR) is 56.7 cm³/mol. The van der Waals surface area contributed by atoms with Gasteiger partial charge in [0, 0.05) is 6.20 Å². The fraction of sp³-hybridized carbons (Fsp3) is 0.333. The van der Waals surface area contributed by atoms with Crippen LogP contribution in [-0.2, 0) is 4.74 Å². The average molecular weight is 242 g/mol. The van der Waals surface area contributed by atoms with Gasteiger partial charge in [0.15, 0.2) is 10.9 Å². The molecule has 1 N–H and O–H groups in total. The van der Waals surface area contributed by atoms with Crippen molar-refractivity contribution in [3.63, 3.8) is 0 Å². The molecule has 7 heteroatoms. The van der Waals surface area contributed by atoms with E-state index in [1.807, 2.05) is 0 Å². The van der Waals surface area contributed by atoms with E-state index in [-0.39, 0.29) is 17.9 Å². The van der Waals surface area contributed by atoms with Gasteiger partial charge in [-0.1, -0.05) is 11.8 Å². The Bertz CT molecular complexity index is 422. The van der Waals surface area contributed by atoms with E-state index >= 15 is 0 Å². The van der Waals surface area contributed by atoms with Gasteiger partial charge in [0.05, 0.1) is 6.61 Å². The number of thioether (sulfide) groups is 1. The molecule has 0 fully saturated rings. The minimum absolute atomic E-state index is 0.132. The predicted octanol–water partition coefficient (Wildman–Crippen LogP) is 1.07. The third-order valence-electron chi connectivity index (χ3n) is 1.65. The molecule has 0 bridgehead atoms. The second-order valence-electron chi connectivity index (χ2n) is 2.64. The molecule has 86 valence electrons. The van der Waals surface area contributed by atoms with E-state index in [1.165, 1.54) is 18.0 Å². The zero-order valence-corrected chi connectivity index (χ0v) is 9.58. The number of esters is 1. The smallest absolute Gasteiger partial charge is 0.355 e. The van der Waals surface area contributed by atoms with Gasteiger partial charge in [-0.3, -0.25) is 0 Å². The molecule has 0 aliphatic heterocycles. The average Bonchev–Trinajstić information content (AvgIpc) is 2.28. The topological polar surface area (TPSA) is 89.4 Å². The number of rotatable bonds is 4. The van der Waals surface area contributed by atoms with Crippen molar-refractivity contribution in [2.24, 2.45) is 0 Å². The summed E-state index contributed by atoms with van der Waals surface area (Å²) in [6, 6.07) is 0. The Morgan fingerprint density at radius 3 is 2.75 bits per heavy atom. The fourth-order valence-electron chi connectivity index (χ4n) is 0.985. The molecule has 6 nitrogen and oxygen atoms in total. The van der Waals surface area contributed by atoms with Gasteiger partial charge in [0.25, 0.3) is 0 Å². The highest BCUT2D eigenvalue weighted by Crippen LogP contribution is 2.13. The first-order valence-corrected chi connectivity index (χ1v) is 5.64. The van der Waals surface area contributed by atoms with Crippen molar-refractivity contribution >= 4 is 23.7 Å². The van der Waals surface area contributed by atoms with Gasteiger partial charge in [0.1, 0.15) is 5.56 Å². The lowest BCUT2D eigenvalue weighted by Gasteiger charge is -2.05. The molecule has 0 unspecified atom stereocenters. The SMILES string of the molecule is CCOC(=O)c1cnc(SC)nc1C(=O)O. The first kappa shape index (κ1) is 12.4. The van der Waals surface area contributed by atoms with Crippen LogP contribution in [0.15, 0.2) is 11.4 Å². The Morgan fingerprint density at radius 1 is 1.56 bits per heavy atom. The van der Waals surface area contributed by atoms with E-state index in [0.29, 0.717) is 5.16 Å². The van der Waals surface area contributed by atoms with Gasteiger partial charge in [-0.2, -0.15) is 0 Å². The van der Waals surface area contributed by atoms with E-state index in [2.05, 4.69) is 9.97 Å². The number of carbonyl (C=O) groups is 2. The molecular formula is C9H10N2O4S. The Kier molecular flexibility index (Phi) is 4.24. The van der Waals surface area contributed by atoms with Crippen molar-refractivity contribution < 1.29 is 19.4 Å². The number of aromatic carboxylic acids is 1. The van der Waals surface area contributed by atoms with E-state index < -0.39 is 11.9 Å². The number of carboxylic acid groups (broad SMARTS) is 1. The standard InChI is InChI=1S/C9H10N2O4S/c1-3-15-8(14)5-4-10-9(16-2)11-6(5)7(12)13/h4H,3H2,1-2H3,(H,12,13). The van der Waals surface area contributed by atoms with Crippen LogP contribution in [0.1, 0.15) is 27.8 Å². The van der Waals surface area contributed by atoms with Gasteiger partial charge in [0.2, 0.25) is 0 Å². The third-order valence-corrected chi connectivity index (χ3v) is 2.21. The molecule has 0 saturated heterocycles. The molecule has 16 heavy (non-hydrogen) atoms. The molecular weight excluding hydrogens is 232 g/mol. The van der Waals surface area contributed by atoms with Crippen molar-refractivity contribution in [3.05, 3.63) is 17.5 Å². The van der Waals surface area contributed by atoms with Gasteiger partial charge in [-0.05, 0) is 13.2 Å². The zero-order chi connectivity index (χ0) is 12.1. The second kappa shape index (κ2) is 5.45. The number of aromatic nitrogens is 2. The first-order valence-electron chi connectivity index (χ1n) is 4.41. The van der Waals surface area contributed by atoms with Crippen LogP contribution < -0.4 is 0 Å². The summed E-state index contributed by atoms with van der Waals surface area (Å²) in [6.45, 7) is 1.80. The molecule has 1 aromatic heterocycles. The maximum absolute atomic E-state index is 11.4. The lowest BCUT2D eigenvalue weighted by atomic mass is 10.2. The summed E-state index contributed by atoms with van der Waals surface area (Å²) < 4.78 is 4.70. The Morgan fingerprint density at radius 2 is 2.25 bits per heavy atom. The van der Waals surface area contributed by atoms with E-state index in [4.69, 9.17) is 9.84 Å². The van der Waals surface area contributed by atoms with Crippen LogP contribution in [0.3, 0.4) is 0 Å². The molecule has 0 spiro atoms. The maximum Gasteiger partial charge on any atom is 0.355 e. The van der Waals surface area contributed by atoms with Crippen LogP contribution in [-0.4, -0.2) is 39.9 Å². The molecule has 0 aliphatic carbocycles. The summed E-state index contributed by atoms with van der Waals surface area (Å²) in [5.41, 5.74) is -0.468. The summed E-state index contributed by atoms with van der Waals surface area (Å²) in [5, 5.41) is 9.19. The number of nitrogens with zero attached hydrogens (tertiary/aromatic N) is 2. The summed E-state index contributed by atoms with van der Waals surface area (Å²) in [7, 11) is 0. The summed E-state index contributed by atoms with van der Waals surface area (Å²) >= 11 is 1.20. The molecule has 1 aromatic rings. The molecule has 1 heterocycles. The Balaban J connectivity index is 3.17. The lowest BCUT2D eigenvalue weighted by Crippen LogP contribution is -2.14. The molecule has 0 amide bonds. The third kappa shape index (κ3) is 2.69. The lowest BCUT2D eigenvalue weighted by molar-refractivity contribution is 0.0511. The number of carboxylic acids is 1. The zero-order valence-electron chi connectivity index (χ0n) is 8.76. The van der Waals surface area contributed by atoms with E-state index in [9.17, 15) is 9.59 Å². The minimum Gasteiger partial charge on any atom is -0.476 e. The van der Waals surface area contributed by atoms with Crippen LogP contribution in [0.4, 0.5) is 0 Å². The number of hydrogen-bond acceptors (Lipinski definition) is 6. The van der Waals surface area contributed by atoms with Crippen molar-refractivity contribution in [2.75, 3.05) is 12.9 Å². The van der Waals surface area contributed by atoms with Crippen molar-refractivity contribution in [1.29, 1.82) is 0 Å². The van der Waals surface area contributed by atoms with Gasteiger partial charge >= 0.3 is 11.9 Å². The molecule has 0 radical (unpaired) electrons. The van der Waals surface area contributed by atoms with Gasteiger partial charge in [-0.25, -0.2) is 19.6 Å². The molecule has 1 rings (SSSR count). The number of carbonyl (C=O) groups excluding carboxylic acids is 1. The van der Waals surface area contributed by atoms with Crippen molar-refractivity contribution in [3.8, 4) is 0 Å². The van der Waals surface area contributed by atoms with Gasteiger partial charge in [-0.15, -0.1) is 0 Å². The second-order valence-corrected chi connectivity index (χ2v) is 3.42. The number of ether oxygens (including phenoxy) is 1. The van der Waals surface area contributed by atoms with Crippen molar-refractivity contribution in [1.82, 2.24) is 9.97 Å². The summed E-state index contributed by atoms with van der Waals surface area (Å²) in [6.07, 6.45) is 2.88. The quantitative estimate of drug-likeness (QED) is 0.480. The monoisotopic (exact) mass is 242 g/mol. The van der Waals surface area contributed by atoms with Gasteiger partial charge < -0.3 is 9.84 Å². The molecule has 0 aliphatic rings. The minimum atomic E-state index is -1.28.